The lowest BCUT2D eigenvalue weighted by molar-refractivity contribution is 0.147. The van der Waals surface area contributed by atoms with Gasteiger partial charge in [-0.2, -0.15) is 0 Å². The fourth-order valence-corrected chi connectivity index (χ4v) is 0.706. The Morgan fingerprint density at radius 3 is 2.33 bits per heavy atom. The van der Waals surface area contributed by atoms with Crippen molar-refractivity contribution in [1.29, 1.82) is 0 Å². The van der Waals surface area contributed by atoms with E-state index in [1.807, 2.05) is 0 Å². The lowest BCUT2D eigenvalue weighted by atomic mass is 10.2. The Morgan fingerprint density at radius 2 is 1.83 bits per heavy atom. The molecule has 0 bridgehead atoms. The number of halogens is 3. The quantitative estimate of drug-likeness (QED) is 0.679. The molecule has 1 aromatic rings. The summed E-state index contributed by atoms with van der Waals surface area (Å²) in [5.41, 5.74) is 8.46. The zero-order valence-electron chi connectivity index (χ0n) is 5.89. The van der Waals surface area contributed by atoms with Gasteiger partial charge in [0.15, 0.2) is 5.82 Å². The largest absolute Gasteiger partial charge is 0.395 e. The number of nitrogens with two attached hydrogens (primary N) is 2. The van der Waals surface area contributed by atoms with Crippen molar-refractivity contribution >= 4 is 11.4 Å². The number of nitrogens with zero attached hydrogens (tertiary/aromatic N) is 1. The Morgan fingerprint density at radius 1 is 1.25 bits per heavy atom. The first-order chi connectivity index (χ1) is 5.54. The molecular formula is C6H6F3N3. The van der Waals surface area contributed by atoms with Crippen LogP contribution in [0.2, 0.25) is 0 Å². The first-order valence-electron chi connectivity index (χ1n) is 3.01. The van der Waals surface area contributed by atoms with Gasteiger partial charge in [-0.15, -0.1) is 0 Å². The van der Waals surface area contributed by atoms with Crippen LogP contribution in [0.1, 0.15) is 12.1 Å². The predicted molar refractivity (Wildman–Crippen MR) is 38.0 cm³/mol. The van der Waals surface area contributed by atoms with Crippen LogP contribution in [0.3, 0.4) is 0 Å². The molecule has 4 N–H and O–H groups in total. The van der Waals surface area contributed by atoms with Gasteiger partial charge in [0, 0.05) is 0 Å². The summed E-state index contributed by atoms with van der Waals surface area (Å²) < 4.78 is 36.5. The molecule has 1 heterocycles. The molecule has 66 valence electrons. The fraction of sp³-hybridized carbons (Fsp3) is 0.167. The number of anilines is 2. The molecule has 0 aliphatic carbocycles. The third-order valence-electron chi connectivity index (χ3n) is 1.35. The van der Waals surface area contributed by atoms with Gasteiger partial charge in [0.05, 0.1) is 17.6 Å². The average molecular weight is 177 g/mol. The van der Waals surface area contributed by atoms with E-state index in [1.54, 1.807) is 0 Å². The molecule has 0 radical (unpaired) electrons. The summed E-state index contributed by atoms with van der Waals surface area (Å²) in [6.07, 6.45) is -2.22. The van der Waals surface area contributed by atoms with Crippen molar-refractivity contribution in [3.8, 4) is 0 Å². The molecule has 0 aromatic carbocycles. The minimum atomic E-state index is -2.84. The summed E-state index contributed by atoms with van der Waals surface area (Å²) in [6.45, 7) is 0. The number of pyridine rings is 1. The number of rotatable bonds is 1. The van der Waals surface area contributed by atoms with Crippen LogP contribution in [0.25, 0.3) is 0 Å². The van der Waals surface area contributed by atoms with Crippen LogP contribution in [0.4, 0.5) is 24.5 Å². The van der Waals surface area contributed by atoms with Crippen LogP contribution >= 0.6 is 0 Å². The second kappa shape index (κ2) is 2.88. The van der Waals surface area contributed by atoms with Gasteiger partial charge in [-0.05, 0) is 0 Å². The standard InChI is InChI=1S/C6H6F3N3/c7-2-1-12-5(6(8)9)4(11)3(2)10/h1,6H,11H2,(H2,10,12). The molecule has 12 heavy (non-hydrogen) atoms. The summed E-state index contributed by atoms with van der Waals surface area (Å²) in [6, 6.07) is 0. The van der Waals surface area contributed by atoms with Crippen LogP contribution in [0.15, 0.2) is 6.20 Å². The van der Waals surface area contributed by atoms with E-state index in [0.29, 0.717) is 6.20 Å². The third-order valence-corrected chi connectivity index (χ3v) is 1.35. The van der Waals surface area contributed by atoms with Crippen LogP contribution in [-0.2, 0) is 0 Å². The molecule has 1 rings (SSSR count). The monoisotopic (exact) mass is 177 g/mol. The number of hydrogen-bond acceptors (Lipinski definition) is 3. The lowest BCUT2D eigenvalue weighted by Gasteiger charge is -2.05. The highest BCUT2D eigenvalue weighted by molar-refractivity contribution is 5.65. The van der Waals surface area contributed by atoms with Crippen molar-refractivity contribution in [3.63, 3.8) is 0 Å². The first-order valence-corrected chi connectivity index (χ1v) is 3.01. The van der Waals surface area contributed by atoms with E-state index in [2.05, 4.69) is 4.98 Å². The molecule has 3 nitrogen and oxygen atoms in total. The maximum Gasteiger partial charge on any atom is 0.282 e. The number of alkyl halides is 2. The van der Waals surface area contributed by atoms with Gasteiger partial charge >= 0.3 is 0 Å². The van der Waals surface area contributed by atoms with Gasteiger partial charge in [-0.3, -0.25) is 0 Å². The Labute approximate surface area is 66.2 Å². The summed E-state index contributed by atoms with van der Waals surface area (Å²) in [5.74, 6) is -0.892. The normalized spacial score (nSPS) is 10.7. The highest BCUT2D eigenvalue weighted by atomic mass is 19.3. The summed E-state index contributed by atoms with van der Waals surface area (Å²) >= 11 is 0. The molecule has 0 saturated carbocycles. The second-order valence-electron chi connectivity index (χ2n) is 2.12. The molecule has 0 amide bonds. The zero-order valence-corrected chi connectivity index (χ0v) is 5.89. The molecule has 0 unspecified atom stereocenters. The van der Waals surface area contributed by atoms with Crippen molar-refractivity contribution in [2.24, 2.45) is 0 Å². The summed E-state index contributed by atoms with van der Waals surface area (Å²) in [4.78, 5) is 3.11. The molecule has 6 heteroatoms. The molecule has 0 atom stereocenters. The molecule has 0 aliphatic heterocycles. The topological polar surface area (TPSA) is 64.9 Å². The van der Waals surface area contributed by atoms with Crippen molar-refractivity contribution in [3.05, 3.63) is 17.7 Å². The number of aromatic nitrogens is 1. The van der Waals surface area contributed by atoms with Gasteiger partial charge in [-0.25, -0.2) is 18.2 Å². The molecular weight excluding hydrogens is 171 g/mol. The maximum atomic E-state index is 12.5. The Kier molecular flexibility index (Phi) is 2.07. The van der Waals surface area contributed by atoms with Crippen LogP contribution in [0, 0.1) is 5.82 Å². The highest BCUT2D eigenvalue weighted by Gasteiger charge is 2.16. The fourth-order valence-electron chi connectivity index (χ4n) is 0.706. The van der Waals surface area contributed by atoms with Gasteiger partial charge in [-0.1, -0.05) is 0 Å². The van der Waals surface area contributed by atoms with Crippen molar-refractivity contribution in [2.75, 3.05) is 11.5 Å². The van der Waals surface area contributed by atoms with E-state index >= 15 is 0 Å². The number of hydrogen-bond donors (Lipinski definition) is 2. The van der Waals surface area contributed by atoms with E-state index in [1.165, 1.54) is 0 Å². The second-order valence-corrected chi connectivity index (χ2v) is 2.12. The molecule has 0 aliphatic rings. The minimum Gasteiger partial charge on any atom is -0.395 e. The van der Waals surface area contributed by atoms with Crippen molar-refractivity contribution in [2.45, 2.75) is 6.43 Å². The molecule has 1 aromatic heterocycles. The van der Waals surface area contributed by atoms with Crippen molar-refractivity contribution in [1.82, 2.24) is 4.98 Å². The highest BCUT2D eigenvalue weighted by Crippen LogP contribution is 2.28. The van der Waals surface area contributed by atoms with E-state index in [4.69, 9.17) is 11.5 Å². The third kappa shape index (κ3) is 1.27. The van der Waals surface area contributed by atoms with E-state index in [-0.39, 0.29) is 0 Å². The first kappa shape index (κ1) is 8.63. The van der Waals surface area contributed by atoms with Crippen molar-refractivity contribution < 1.29 is 13.2 Å². The van der Waals surface area contributed by atoms with E-state index in [9.17, 15) is 13.2 Å². The van der Waals surface area contributed by atoms with Gasteiger partial charge in [0.1, 0.15) is 5.69 Å². The van der Waals surface area contributed by atoms with Gasteiger partial charge in [0.2, 0.25) is 0 Å². The van der Waals surface area contributed by atoms with Crippen LogP contribution < -0.4 is 11.5 Å². The SMILES string of the molecule is Nc1c(F)cnc(C(F)F)c1N. The maximum absolute atomic E-state index is 12.5. The molecule has 0 fully saturated rings. The zero-order chi connectivity index (χ0) is 9.30. The Balaban J connectivity index is 3.27. The molecule has 0 saturated heterocycles. The summed E-state index contributed by atoms with van der Waals surface area (Å²) in [5, 5.41) is 0. The lowest BCUT2D eigenvalue weighted by Crippen LogP contribution is -2.05. The van der Waals surface area contributed by atoms with Crippen LogP contribution in [0.5, 0.6) is 0 Å². The Bertz CT molecular complexity index is 300. The van der Waals surface area contributed by atoms with Crippen LogP contribution in [-0.4, -0.2) is 4.98 Å². The summed E-state index contributed by atoms with van der Waals surface area (Å²) in [7, 11) is 0. The average Bonchev–Trinajstić information content (AvgIpc) is 2.00. The van der Waals surface area contributed by atoms with Gasteiger partial charge < -0.3 is 11.5 Å². The predicted octanol–water partition coefficient (Wildman–Crippen LogP) is 1.32. The van der Waals surface area contributed by atoms with E-state index in [0.717, 1.165) is 0 Å². The minimum absolute atomic E-state index is 0.486. The van der Waals surface area contributed by atoms with Gasteiger partial charge in [0.25, 0.3) is 6.43 Å². The van der Waals surface area contributed by atoms with E-state index < -0.39 is 29.3 Å². The Hall–Kier alpha value is -1.46. The smallest absolute Gasteiger partial charge is 0.282 e. The number of nitrogen functional groups attached to an aromatic ring is 2. The molecule has 0 spiro atoms.